The van der Waals surface area contributed by atoms with Crippen molar-refractivity contribution in [2.75, 3.05) is 13.1 Å². The topological polar surface area (TPSA) is 114 Å². The van der Waals surface area contributed by atoms with Crippen LogP contribution in [-0.4, -0.2) is 45.9 Å². The van der Waals surface area contributed by atoms with Crippen molar-refractivity contribution in [1.29, 1.82) is 0 Å². The van der Waals surface area contributed by atoms with E-state index in [1.54, 1.807) is 0 Å². The molecule has 0 unspecified atom stereocenters. The van der Waals surface area contributed by atoms with Crippen LogP contribution in [0.1, 0.15) is 40.6 Å². The van der Waals surface area contributed by atoms with Crippen molar-refractivity contribution in [1.82, 2.24) is 9.88 Å². The molecule has 3 N–H and O–H groups in total. The van der Waals surface area contributed by atoms with Gasteiger partial charge in [-0.05, 0) is 18.6 Å². The molecule has 1 heterocycles. The molecule has 108 valence electrons. The molecular formula is C13H17N3O4. The fourth-order valence-corrected chi connectivity index (χ4v) is 1.69. The van der Waals surface area contributed by atoms with E-state index in [-0.39, 0.29) is 17.8 Å². The Kier molecular flexibility index (Phi) is 5.64. The van der Waals surface area contributed by atoms with E-state index in [0.717, 1.165) is 6.42 Å². The fourth-order valence-electron chi connectivity index (χ4n) is 1.69. The highest BCUT2D eigenvalue weighted by molar-refractivity contribution is 6.04. The molecular weight excluding hydrogens is 262 g/mol. The van der Waals surface area contributed by atoms with Crippen LogP contribution in [-0.2, 0) is 4.79 Å². The zero-order chi connectivity index (χ0) is 15.1. The maximum Gasteiger partial charge on any atom is 0.338 e. The fraction of sp³-hybridized carbons (Fsp3) is 0.385. The Morgan fingerprint density at radius 1 is 1.40 bits per heavy atom. The van der Waals surface area contributed by atoms with E-state index in [1.807, 2.05) is 6.92 Å². The Balaban J connectivity index is 3.05. The van der Waals surface area contributed by atoms with Gasteiger partial charge in [0.1, 0.15) is 5.69 Å². The molecule has 0 bridgehead atoms. The van der Waals surface area contributed by atoms with Crippen LogP contribution < -0.4 is 5.73 Å². The molecule has 20 heavy (non-hydrogen) atoms. The summed E-state index contributed by atoms with van der Waals surface area (Å²) < 4.78 is 0. The molecule has 0 spiro atoms. The third-order valence-electron chi connectivity index (χ3n) is 2.66. The van der Waals surface area contributed by atoms with E-state index in [2.05, 4.69) is 4.98 Å². The van der Waals surface area contributed by atoms with Crippen molar-refractivity contribution >= 4 is 17.8 Å². The van der Waals surface area contributed by atoms with Crippen molar-refractivity contribution in [3.05, 3.63) is 29.6 Å². The number of nitrogens with zero attached hydrogens (tertiary/aromatic N) is 2. The molecule has 7 heteroatoms. The van der Waals surface area contributed by atoms with Crippen LogP contribution in [0.4, 0.5) is 0 Å². The second kappa shape index (κ2) is 7.22. The highest BCUT2D eigenvalue weighted by Gasteiger charge is 2.23. The number of carboxylic acid groups (broad SMARTS) is 1. The number of aromatic carboxylic acids is 1. The van der Waals surface area contributed by atoms with Crippen LogP contribution in [0.5, 0.6) is 0 Å². The monoisotopic (exact) mass is 279 g/mol. The number of aromatic nitrogens is 1. The molecule has 0 atom stereocenters. The molecule has 1 aromatic rings. The molecule has 7 nitrogen and oxygen atoms in total. The normalized spacial score (nSPS) is 10.1. The summed E-state index contributed by atoms with van der Waals surface area (Å²) >= 11 is 0. The lowest BCUT2D eigenvalue weighted by atomic mass is 10.1. The van der Waals surface area contributed by atoms with Crippen LogP contribution in [0.15, 0.2) is 18.3 Å². The van der Waals surface area contributed by atoms with Crippen LogP contribution in [0.25, 0.3) is 0 Å². The van der Waals surface area contributed by atoms with Gasteiger partial charge in [-0.25, -0.2) is 4.79 Å². The summed E-state index contributed by atoms with van der Waals surface area (Å²) in [6.45, 7) is 2.01. The van der Waals surface area contributed by atoms with E-state index in [1.165, 1.54) is 23.2 Å². The van der Waals surface area contributed by atoms with Gasteiger partial charge in [0.2, 0.25) is 5.91 Å². The van der Waals surface area contributed by atoms with Gasteiger partial charge in [-0.15, -0.1) is 0 Å². The number of carbonyl (C=O) groups is 3. The Labute approximate surface area is 116 Å². The van der Waals surface area contributed by atoms with Gasteiger partial charge in [-0.3, -0.25) is 14.6 Å². The molecule has 0 saturated heterocycles. The minimum absolute atomic E-state index is 0.183. The number of rotatable bonds is 7. The Bertz CT molecular complexity index is 516. The molecule has 1 rings (SSSR count). The number of primary amides is 1. The average molecular weight is 279 g/mol. The van der Waals surface area contributed by atoms with Gasteiger partial charge in [0.15, 0.2) is 0 Å². The molecule has 0 aliphatic carbocycles. The lowest BCUT2D eigenvalue weighted by Gasteiger charge is -2.21. The van der Waals surface area contributed by atoms with Gasteiger partial charge >= 0.3 is 5.97 Å². The van der Waals surface area contributed by atoms with Crippen molar-refractivity contribution < 1.29 is 19.5 Å². The van der Waals surface area contributed by atoms with Crippen molar-refractivity contribution in [3.8, 4) is 0 Å². The van der Waals surface area contributed by atoms with E-state index in [9.17, 15) is 14.4 Å². The number of nitrogens with two attached hydrogens (primary N) is 1. The highest BCUT2D eigenvalue weighted by atomic mass is 16.4. The molecule has 2 amide bonds. The van der Waals surface area contributed by atoms with E-state index in [4.69, 9.17) is 10.8 Å². The summed E-state index contributed by atoms with van der Waals surface area (Å²) in [5.74, 6) is -2.49. The number of unbranched alkanes of at least 4 members (excludes halogenated alkanes) is 1. The number of hydrogen-bond acceptors (Lipinski definition) is 4. The van der Waals surface area contributed by atoms with Crippen molar-refractivity contribution in [2.24, 2.45) is 5.73 Å². The summed E-state index contributed by atoms with van der Waals surface area (Å²) in [4.78, 5) is 39.4. The minimum Gasteiger partial charge on any atom is -0.478 e. The highest BCUT2D eigenvalue weighted by Crippen LogP contribution is 2.10. The van der Waals surface area contributed by atoms with Gasteiger partial charge in [0.25, 0.3) is 5.91 Å². The average Bonchev–Trinajstić information content (AvgIpc) is 2.42. The number of carbonyl (C=O) groups excluding carboxylic acids is 2. The lowest BCUT2D eigenvalue weighted by molar-refractivity contribution is -0.118. The summed E-state index contributed by atoms with van der Waals surface area (Å²) in [7, 11) is 0. The summed E-state index contributed by atoms with van der Waals surface area (Å²) in [6.07, 6.45) is 2.85. The maximum absolute atomic E-state index is 12.3. The number of amides is 2. The second-order valence-electron chi connectivity index (χ2n) is 4.25. The minimum atomic E-state index is -1.24. The first-order chi connectivity index (χ1) is 9.47. The summed E-state index contributed by atoms with van der Waals surface area (Å²) in [6, 6.07) is 2.73. The van der Waals surface area contributed by atoms with Gasteiger partial charge in [-0.2, -0.15) is 0 Å². The van der Waals surface area contributed by atoms with E-state index >= 15 is 0 Å². The number of hydrogen-bond donors (Lipinski definition) is 2. The van der Waals surface area contributed by atoms with Gasteiger partial charge in [-0.1, -0.05) is 13.3 Å². The third-order valence-corrected chi connectivity index (χ3v) is 2.66. The van der Waals surface area contributed by atoms with Crippen LogP contribution >= 0.6 is 0 Å². The SMILES string of the molecule is CCCCN(CC(N)=O)C(=O)c1ncccc1C(=O)O. The predicted octanol–water partition coefficient (Wildman–Crippen LogP) is 0.507. The predicted molar refractivity (Wildman–Crippen MR) is 71.2 cm³/mol. The van der Waals surface area contributed by atoms with Gasteiger partial charge < -0.3 is 15.7 Å². The summed E-state index contributed by atoms with van der Waals surface area (Å²) in [5, 5.41) is 9.05. The first-order valence-corrected chi connectivity index (χ1v) is 6.23. The number of carboxylic acids is 1. The second-order valence-corrected chi connectivity index (χ2v) is 4.25. The van der Waals surface area contributed by atoms with Gasteiger partial charge in [0.05, 0.1) is 12.1 Å². The first-order valence-electron chi connectivity index (χ1n) is 6.23. The Morgan fingerprint density at radius 3 is 2.65 bits per heavy atom. The Hall–Kier alpha value is -2.44. The zero-order valence-electron chi connectivity index (χ0n) is 11.2. The quantitative estimate of drug-likeness (QED) is 0.754. The third kappa shape index (κ3) is 4.04. The molecule has 0 aromatic carbocycles. The lowest BCUT2D eigenvalue weighted by Crippen LogP contribution is -2.40. The van der Waals surface area contributed by atoms with E-state index < -0.39 is 17.8 Å². The number of pyridine rings is 1. The molecule has 0 aliphatic rings. The zero-order valence-corrected chi connectivity index (χ0v) is 11.2. The van der Waals surface area contributed by atoms with E-state index in [0.29, 0.717) is 13.0 Å². The first kappa shape index (κ1) is 15.6. The standard InChI is InChI=1S/C13H17N3O4/c1-2-3-7-16(8-10(14)17)12(18)11-9(13(19)20)5-4-6-15-11/h4-6H,2-3,7-8H2,1H3,(H2,14,17)(H,19,20). The molecule has 0 fully saturated rings. The van der Waals surface area contributed by atoms with Crippen molar-refractivity contribution in [3.63, 3.8) is 0 Å². The molecule has 1 aromatic heterocycles. The molecule has 0 radical (unpaired) electrons. The van der Waals surface area contributed by atoms with Crippen LogP contribution in [0.3, 0.4) is 0 Å². The molecule has 0 aliphatic heterocycles. The van der Waals surface area contributed by atoms with Crippen molar-refractivity contribution in [2.45, 2.75) is 19.8 Å². The van der Waals surface area contributed by atoms with Crippen LogP contribution in [0, 0.1) is 0 Å². The smallest absolute Gasteiger partial charge is 0.338 e. The molecule has 0 saturated carbocycles. The van der Waals surface area contributed by atoms with Gasteiger partial charge in [0, 0.05) is 12.7 Å². The largest absolute Gasteiger partial charge is 0.478 e. The Morgan fingerprint density at radius 2 is 2.10 bits per heavy atom. The maximum atomic E-state index is 12.3. The summed E-state index contributed by atoms with van der Waals surface area (Å²) in [5.41, 5.74) is 4.74. The van der Waals surface area contributed by atoms with Crippen LogP contribution in [0.2, 0.25) is 0 Å².